The van der Waals surface area contributed by atoms with E-state index in [4.69, 9.17) is 10.5 Å². The van der Waals surface area contributed by atoms with Crippen LogP contribution >= 0.6 is 0 Å². The number of piperidine rings is 1. The number of nitrogens with one attached hydrogen (secondary N) is 1. The molecule has 1 aromatic heterocycles. The second-order valence-electron chi connectivity index (χ2n) is 9.02. The van der Waals surface area contributed by atoms with E-state index in [0.717, 1.165) is 0 Å². The lowest BCUT2D eigenvalue weighted by Gasteiger charge is -2.35. The molecule has 0 bridgehead atoms. The number of benzene rings is 1. The van der Waals surface area contributed by atoms with Gasteiger partial charge in [0.15, 0.2) is 5.82 Å². The molecule has 1 unspecified atom stereocenters. The lowest BCUT2D eigenvalue weighted by Crippen LogP contribution is -2.45. The highest BCUT2D eigenvalue weighted by molar-refractivity contribution is 5.98. The molecular formula is C22H27FN6O3. The summed E-state index contributed by atoms with van der Waals surface area (Å²) in [4.78, 5) is 26.1. The predicted octanol–water partition coefficient (Wildman–Crippen LogP) is 3.43. The zero-order valence-corrected chi connectivity index (χ0v) is 18.3. The van der Waals surface area contributed by atoms with Crippen molar-refractivity contribution in [3.63, 3.8) is 0 Å². The van der Waals surface area contributed by atoms with Crippen molar-refractivity contribution in [2.24, 2.45) is 17.1 Å². The summed E-state index contributed by atoms with van der Waals surface area (Å²) in [5.41, 5.74) is 5.99. The summed E-state index contributed by atoms with van der Waals surface area (Å²) >= 11 is 0. The van der Waals surface area contributed by atoms with Crippen molar-refractivity contribution in [2.75, 3.05) is 25.0 Å². The molecule has 32 heavy (non-hydrogen) atoms. The van der Waals surface area contributed by atoms with Crippen LogP contribution in [0.3, 0.4) is 0 Å². The predicted molar refractivity (Wildman–Crippen MR) is 116 cm³/mol. The Kier molecular flexibility index (Phi) is 6.67. The number of anilines is 2. The van der Waals surface area contributed by atoms with E-state index < -0.39 is 29.8 Å². The Balaban J connectivity index is 1.83. The van der Waals surface area contributed by atoms with Gasteiger partial charge in [0, 0.05) is 25.0 Å². The Labute approximate surface area is 185 Å². The number of hydrogen-bond donors (Lipinski definition) is 2. The smallest absolute Gasteiger partial charge is 0.409 e. The maximum atomic E-state index is 13.2. The number of nitrogens with two attached hydrogens (primary N) is 1. The van der Waals surface area contributed by atoms with Crippen molar-refractivity contribution in [1.29, 1.82) is 5.26 Å². The van der Waals surface area contributed by atoms with E-state index in [1.54, 1.807) is 4.90 Å². The first kappa shape index (κ1) is 23.1. The van der Waals surface area contributed by atoms with Crippen molar-refractivity contribution in [3.8, 4) is 6.07 Å². The Bertz CT molecular complexity index is 1020. The van der Waals surface area contributed by atoms with Crippen molar-refractivity contribution < 1.29 is 18.7 Å². The molecule has 170 valence electrons. The van der Waals surface area contributed by atoms with Crippen molar-refractivity contribution in [2.45, 2.75) is 33.2 Å². The average Bonchev–Trinajstić information content (AvgIpc) is 3.16. The second kappa shape index (κ2) is 9.26. The number of carbonyl (C=O) groups excluding carboxylic acids is 2. The fourth-order valence-electron chi connectivity index (χ4n) is 3.39. The molecule has 10 heteroatoms. The zero-order chi connectivity index (χ0) is 23.5. The summed E-state index contributed by atoms with van der Waals surface area (Å²) in [6.45, 7) is 6.77. The molecule has 1 aliphatic heterocycles. The molecule has 1 aromatic carbocycles. The van der Waals surface area contributed by atoms with Crippen LogP contribution in [-0.2, 0) is 4.74 Å². The fourth-order valence-corrected chi connectivity index (χ4v) is 3.39. The minimum absolute atomic E-state index is 0.124. The van der Waals surface area contributed by atoms with Gasteiger partial charge in [0.25, 0.3) is 5.91 Å². The van der Waals surface area contributed by atoms with Gasteiger partial charge in [-0.1, -0.05) is 20.8 Å². The number of ether oxygens (including phenoxy) is 1. The molecule has 1 saturated heterocycles. The molecular weight excluding hydrogens is 415 g/mol. The van der Waals surface area contributed by atoms with Gasteiger partial charge in [-0.15, -0.1) is 0 Å². The van der Waals surface area contributed by atoms with Crippen LogP contribution in [0.2, 0.25) is 0 Å². The molecule has 2 heterocycles. The number of rotatable bonds is 5. The van der Waals surface area contributed by atoms with Gasteiger partial charge >= 0.3 is 6.09 Å². The third kappa shape index (κ3) is 5.55. The molecule has 2 atom stereocenters. The highest BCUT2D eigenvalue weighted by Crippen LogP contribution is 2.30. The van der Waals surface area contributed by atoms with Gasteiger partial charge in [-0.05, 0) is 36.1 Å². The third-order valence-corrected chi connectivity index (χ3v) is 5.08. The number of nitriles is 1. The molecule has 1 fully saturated rings. The molecule has 0 radical (unpaired) electrons. The second-order valence-corrected chi connectivity index (χ2v) is 9.02. The molecule has 2 aromatic rings. The van der Waals surface area contributed by atoms with Gasteiger partial charge in [0.2, 0.25) is 0 Å². The highest BCUT2D eigenvalue weighted by atomic mass is 19.1. The molecule has 0 saturated carbocycles. The Morgan fingerprint density at radius 3 is 2.62 bits per heavy atom. The first-order valence-corrected chi connectivity index (χ1v) is 10.3. The largest absolute Gasteiger partial charge is 0.449 e. The van der Waals surface area contributed by atoms with Gasteiger partial charge in [0.1, 0.15) is 11.4 Å². The number of likely N-dealkylation sites (tertiary alicyclic amines) is 1. The number of carbonyl (C=O) groups is 2. The van der Waals surface area contributed by atoms with Gasteiger partial charge in [-0.3, -0.25) is 9.48 Å². The summed E-state index contributed by atoms with van der Waals surface area (Å²) in [7, 11) is 0. The van der Waals surface area contributed by atoms with Gasteiger partial charge in [0.05, 0.1) is 24.6 Å². The zero-order valence-electron chi connectivity index (χ0n) is 18.3. The van der Waals surface area contributed by atoms with E-state index in [2.05, 4.69) is 16.5 Å². The first-order valence-electron chi connectivity index (χ1n) is 10.3. The van der Waals surface area contributed by atoms with Crippen LogP contribution < -0.4 is 11.1 Å². The summed E-state index contributed by atoms with van der Waals surface area (Å²) in [5, 5.41) is 17.0. The molecule has 1 aliphatic rings. The number of hydrogen-bond acceptors (Lipinski definition) is 6. The van der Waals surface area contributed by atoms with Crippen LogP contribution in [0.25, 0.3) is 0 Å². The van der Waals surface area contributed by atoms with Crippen molar-refractivity contribution in [3.05, 3.63) is 41.8 Å². The Morgan fingerprint density at radius 2 is 2.03 bits per heavy atom. The summed E-state index contributed by atoms with van der Waals surface area (Å²) in [6, 6.07) is 7.34. The standard InChI is InChI=1S/C22H27FN6O3/c1-22(2,3)13-32-21(31)28-9-8-14(10-24)18(12-28)29-11-17(19(25)30)20(27-29)26-16-6-4-15(23)5-7-16/h4-7,11,14,18H,8-9,12-13H2,1-3H3,(H2,25,30)(H,26,27)/t14?,18-/m1/s1. The van der Waals surface area contributed by atoms with Crippen LogP contribution in [0.4, 0.5) is 20.7 Å². The quantitative estimate of drug-likeness (QED) is 0.730. The molecule has 2 amide bonds. The van der Waals surface area contributed by atoms with Gasteiger partial charge in [-0.25, -0.2) is 9.18 Å². The van der Waals surface area contributed by atoms with E-state index in [1.807, 2.05) is 20.8 Å². The van der Waals surface area contributed by atoms with E-state index in [-0.39, 0.29) is 29.9 Å². The van der Waals surface area contributed by atoms with Crippen molar-refractivity contribution in [1.82, 2.24) is 14.7 Å². The third-order valence-electron chi connectivity index (χ3n) is 5.08. The van der Waals surface area contributed by atoms with Crippen LogP contribution in [0.5, 0.6) is 0 Å². The topological polar surface area (TPSA) is 126 Å². The van der Waals surface area contributed by atoms with E-state index in [1.165, 1.54) is 35.1 Å². The number of nitrogens with zero attached hydrogens (tertiary/aromatic N) is 4. The molecule has 3 rings (SSSR count). The van der Waals surface area contributed by atoms with Gasteiger partial charge < -0.3 is 20.7 Å². The Morgan fingerprint density at radius 1 is 1.34 bits per heavy atom. The molecule has 9 nitrogen and oxygen atoms in total. The number of aromatic nitrogens is 2. The average molecular weight is 442 g/mol. The van der Waals surface area contributed by atoms with Gasteiger partial charge in [-0.2, -0.15) is 10.4 Å². The number of primary amides is 1. The maximum absolute atomic E-state index is 13.2. The SMILES string of the molecule is CC(C)(C)COC(=O)N1CCC(C#N)[C@H](n2cc(C(N)=O)c(Nc3ccc(F)cc3)n2)C1. The number of halogens is 1. The van der Waals surface area contributed by atoms with Crippen LogP contribution in [0.15, 0.2) is 30.5 Å². The van der Waals surface area contributed by atoms with Crippen LogP contribution in [-0.4, -0.2) is 46.4 Å². The van der Waals surface area contributed by atoms with Crippen LogP contribution in [0.1, 0.15) is 43.6 Å². The normalized spacial score (nSPS) is 18.7. The monoisotopic (exact) mass is 442 g/mol. The number of amides is 2. The molecule has 3 N–H and O–H groups in total. The molecule has 0 spiro atoms. The lowest BCUT2D eigenvalue weighted by atomic mass is 9.93. The maximum Gasteiger partial charge on any atom is 0.409 e. The summed E-state index contributed by atoms with van der Waals surface area (Å²) in [5.74, 6) is -1.32. The van der Waals surface area contributed by atoms with E-state index in [0.29, 0.717) is 18.7 Å². The minimum atomic E-state index is -0.702. The van der Waals surface area contributed by atoms with Crippen LogP contribution in [0, 0.1) is 28.5 Å². The lowest BCUT2D eigenvalue weighted by molar-refractivity contribution is 0.0541. The fraction of sp³-hybridized carbons (Fsp3) is 0.455. The highest BCUT2D eigenvalue weighted by Gasteiger charge is 2.35. The Hall–Kier alpha value is -3.61. The van der Waals surface area contributed by atoms with E-state index in [9.17, 15) is 19.2 Å². The summed E-state index contributed by atoms with van der Waals surface area (Å²) in [6.07, 6.45) is 1.46. The molecule has 0 aliphatic carbocycles. The van der Waals surface area contributed by atoms with Crippen molar-refractivity contribution >= 4 is 23.5 Å². The first-order chi connectivity index (χ1) is 15.1. The van der Waals surface area contributed by atoms with E-state index >= 15 is 0 Å². The summed E-state index contributed by atoms with van der Waals surface area (Å²) < 4.78 is 20.1. The minimum Gasteiger partial charge on any atom is -0.449 e.